The van der Waals surface area contributed by atoms with Crippen LogP contribution in [0, 0.1) is 0 Å². The number of nitrogens with zero attached hydrogens (tertiary/aromatic N) is 1. The van der Waals surface area contributed by atoms with Crippen molar-refractivity contribution in [1.29, 1.82) is 0 Å². The molecule has 20 heteroatoms. The van der Waals surface area contributed by atoms with Gasteiger partial charge in [-0.2, -0.15) is 0 Å². The Morgan fingerprint density at radius 2 is 1.68 bits per heavy atom. The Morgan fingerprint density at radius 1 is 1.00 bits per heavy atom. The number of hydrogen-bond donors (Lipinski definition) is 10. The van der Waals surface area contributed by atoms with Gasteiger partial charge in [-0.25, -0.2) is 17.9 Å². The monoisotopic (exact) mass is 834 g/mol. The third-order valence-electron chi connectivity index (χ3n) is 9.84. The van der Waals surface area contributed by atoms with E-state index >= 15 is 0 Å². The van der Waals surface area contributed by atoms with Gasteiger partial charge in [0.2, 0.25) is 15.9 Å². The van der Waals surface area contributed by atoms with Crippen molar-refractivity contribution in [1.82, 2.24) is 20.7 Å². The van der Waals surface area contributed by atoms with E-state index in [4.69, 9.17) is 22.4 Å². The third-order valence-corrected chi connectivity index (χ3v) is 11.6. The second-order valence-electron chi connectivity index (χ2n) is 14.0. The molecule has 57 heavy (non-hydrogen) atoms. The van der Waals surface area contributed by atoms with Gasteiger partial charge in [0.05, 0.1) is 9.92 Å². The Balaban J connectivity index is 1.27. The normalized spacial score (nSPS) is 18.4. The number of phenolic OH excluding ortho intramolecular Hbond substituents is 1. The van der Waals surface area contributed by atoms with Crippen molar-refractivity contribution >= 4 is 67.8 Å². The molecule has 3 aromatic rings. The van der Waals surface area contributed by atoms with Gasteiger partial charge >= 0.3 is 17.9 Å². The molecule has 3 aromatic carbocycles. The van der Waals surface area contributed by atoms with Crippen LogP contribution in [0.1, 0.15) is 54.4 Å². The molecule has 1 heterocycles. The lowest BCUT2D eigenvalue weighted by Gasteiger charge is -2.33. The van der Waals surface area contributed by atoms with Gasteiger partial charge in [-0.05, 0) is 68.4 Å². The summed E-state index contributed by atoms with van der Waals surface area (Å²) in [5, 5.41) is 58.7. The second-order valence-corrected chi connectivity index (χ2v) is 16.2. The fraction of sp³-hybridized carbons (Fsp3) is 0.432. The average molecular weight is 835 g/mol. The number of carboxylic acids is 3. The number of fused-ring (bicyclic) bond motifs is 1. The van der Waals surface area contributed by atoms with Gasteiger partial charge in [0.25, 0.3) is 5.91 Å². The Hall–Kier alpha value is -5.05. The van der Waals surface area contributed by atoms with E-state index in [2.05, 4.69) is 20.7 Å². The molecule has 18 nitrogen and oxygen atoms in total. The van der Waals surface area contributed by atoms with Crippen LogP contribution in [0.2, 0.25) is 5.02 Å². The molecule has 11 N–H and O–H groups in total. The first-order valence-corrected chi connectivity index (χ1v) is 19.8. The number of aromatic hydroxyl groups is 1. The van der Waals surface area contributed by atoms with Gasteiger partial charge in [0, 0.05) is 61.7 Å². The molecule has 1 unspecified atom stereocenters. The molecular formula is C37H47ClN6O12S. The number of aliphatic hydroxyl groups is 1. The molecule has 1 fully saturated rings. The molecule has 0 radical (unpaired) electrons. The van der Waals surface area contributed by atoms with Crippen molar-refractivity contribution < 1.29 is 57.9 Å². The summed E-state index contributed by atoms with van der Waals surface area (Å²) in [5.74, 6) is -6.22. The summed E-state index contributed by atoms with van der Waals surface area (Å²) in [5.41, 5.74) is 4.29. The Bertz CT molecular complexity index is 2120. The number of benzene rings is 3. The number of carbonyl (C=O) groups is 5. The fourth-order valence-electron chi connectivity index (χ4n) is 6.80. The number of hydrogen-bond acceptors (Lipinski definition) is 12. The topological polar surface area (TPSA) is 298 Å². The molecule has 1 saturated heterocycles. The quantitative estimate of drug-likeness (QED) is 0.0711. The Morgan fingerprint density at radius 3 is 2.33 bits per heavy atom. The van der Waals surface area contributed by atoms with Crippen LogP contribution in [0.4, 0.5) is 5.69 Å². The predicted octanol–water partition coefficient (Wildman–Crippen LogP) is 0.994. The third kappa shape index (κ3) is 10.7. The van der Waals surface area contributed by atoms with Gasteiger partial charge in [-0.3, -0.25) is 24.5 Å². The minimum atomic E-state index is -3.85. The molecule has 0 aliphatic carbocycles. The van der Waals surface area contributed by atoms with E-state index in [-0.39, 0.29) is 84.3 Å². The van der Waals surface area contributed by atoms with E-state index in [1.807, 2.05) is 31.1 Å². The highest BCUT2D eigenvalue weighted by Gasteiger charge is 2.54. The van der Waals surface area contributed by atoms with Crippen LogP contribution in [0.25, 0.3) is 10.8 Å². The molecular weight excluding hydrogens is 788 g/mol. The number of amides is 2. The van der Waals surface area contributed by atoms with Gasteiger partial charge in [0.15, 0.2) is 0 Å². The zero-order valence-electron chi connectivity index (χ0n) is 31.2. The summed E-state index contributed by atoms with van der Waals surface area (Å²) < 4.78 is 28.8. The lowest BCUT2D eigenvalue weighted by molar-refractivity contribution is -0.153. The fourth-order valence-corrected chi connectivity index (χ4v) is 8.33. The maximum Gasteiger partial charge on any atom is 0.326 e. The molecule has 310 valence electrons. The zero-order valence-corrected chi connectivity index (χ0v) is 32.8. The number of nitrogens with two attached hydrogens (primary N) is 1. The number of phenols is 1. The van der Waals surface area contributed by atoms with Crippen molar-refractivity contribution in [2.75, 3.05) is 32.1 Å². The van der Waals surface area contributed by atoms with Crippen molar-refractivity contribution in [3.05, 3.63) is 64.7 Å². The van der Waals surface area contributed by atoms with Crippen molar-refractivity contribution in [2.24, 2.45) is 5.73 Å². The Labute approximate surface area is 333 Å². The average Bonchev–Trinajstić information content (AvgIpc) is 3.59. The maximum absolute atomic E-state index is 13.2. The van der Waals surface area contributed by atoms with Gasteiger partial charge in [0.1, 0.15) is 29.5 Å². The van der Waals surface area contributed by atoms with Crippen molar-refractivity contribution in [3.63, 3.8) is 0 Å². The molecule has 0 bridgehead atoms. The molecule has 0 aromatic heterocycles. The predicted molar refractivity (Wildman–Crippen MR) is 209 cm³/mol. The van der Waals surface area contributed by atoms with E-state index < -0.39 is 63.6 Å². The number of aryl methyl sites for hydroxylation is 1. The van der Waals surface area contributed by atoms with Gasteiger partial charge in [-0.1, -0.05) is 35.9 Å². The van der Waals surface area contributed by atoms with Crippen LogP contribution in [-0.2, 0) is 35.6 Å². The molecule has 0 spiro atoms. The molecule has 1 aliphatic heterocycles. The van der Waals surface area contributed by atoms with Crippen LogP contribution in [0.3, 0.4) is 0 Å². The highest BCUT2D eigenvalue weighted by molar-refractivity contribution is 7.89. The minimum Gasteiger partial charge on any atom is -0.506 e. The lowest BCUT2D eigenvalue weighted by atomic mass is 9.86. The summed E-state index contributed by atoms with van der Waals surface area (Å²) in [6.07, 6.45) is -1.99. The van der Waals surface area contributed by atoms with Crippen molar-refractivity contribution in [3.8, 4) is 5.75 Å². The summed E-state index contributed by atoms with van der Waals surface area (Å²) >= 11 is 6.18. The highest BCUT2D eigenvalue weighted by Crippen LogP contribution is 2.33. The first-order chi connectivity index (χ1) is 26.8. The van der Waals surface area contributed by atoms with Crippen molar-refractivity contribution in [2.45, 2.75) is 79.6 Å². The SMILES string of the molecule is CN(C)c1cccc2c(S(=O)(=O)NCCCNC(=O)CCCc3cc(C(=O)NC(C[C@H]4CC[C@](C(=O)O)([C@@H](O)[C@@H](N)C(=O)O)N4)C(=O)O)cc(Cl)c3O)cccc12. The first-order valence-electron chi connectivity index (χ1n) is 18.0. The number of aliphatic hydroxyl groups excluding tert-OH is 1. The summed E-state index contributed by atoms with van der Waals surface area (Å²) in [6, 6.07) is 8.56. The van der Waals surface area contributed by atoms with Crippen LogP contribution >= 0.6 is 11.6 Å². The second kappa shape index (κ2) is 18.9. The van der Waals surface area contributed by atoms with E-state index in [1.54, 1.807) is 18.2 Å². The number of sulfonamides is 1. The van der Waals surface area contributed by atoms with E-state index in [0.717, 1.165) is 17.1 Å². The van der Waals surface area contributed by atoms with Gasteiger partial charge < -0.3 is 46.8 Å². The Kier molecular flexibility index (Phi) is 14.8. The number of halogens is 1. The zero-order chi connectivity index (χ0) is 42.2. The van der Waals surface area contributed by atoms with Crippen LogP contribution < -0.4 is 31.3 Å². The number of anilines is 1. The van der Waals surface area contributed by atoms with E-state index in [1.165, 1.54) is 12.1 Å². The van der Waals surface area contributed by atoms with Crippen LogP contribution in [0.15, 0.2) is 53.4 Å². The number of carbonyl (C=O) groups excluding carboxylic acids is 2. The molecule has 4 rings (SSSR count). The lowest BCUT2D eigenvalue weighted by Crippen LogP contribution is -2.65. The smallest absolute Gasteiger partial charge is 0.326 e. The van der Waals surface area contributed by atoms with E-state index in [0.29, 0.717) is 11.8 Å². The summed E-state index contributed by atoms with van der Waals surface area (Å²) in [4.78, 5) is 63.3. The van der Waals surface area contributed by atoms with Gasteiger partial charge in [-0.15, -0.1) is 0 Å². The molecule has 1 aliphatic rings. The summed E-state index contributed by atoms with van der Waals surface area (Å²) in [7, 11) is -0.101. The molecule has 5 atom stereocenters. The van der Waals surface area contributed by atoms with Crippen LogP contribution in [-0.4, -0.2) is 121 Å². The summed E-state index contributed by atoms with van der Waals surface area (Å²) in [6.45, 7) is 0.254. The number of nitrogens with one attached hydrogen (secondary N) is 4. The number of carboxylic acid groups (broad SMARTS) is 3. The maximum atomic E-state index is 13.2. The minimum absolute atomic E-state index is 0.0148. The number of rotatable bonds is 20. The largest absolute Gasteiger partial charge is 0.506 e. The number of aliphatic carboxylic acids is 3. The van der Waals surface area contributed by atoms with Crippen LogP contribution in [0.5, 0.6) is 5.75 Å². The first kappa shape index (κ1) is 44.7. The highest BCUT2D eigenvalue weighted by atomic mass is 35.5. The molecule has 2 amide bonds. The standard InChI is InChI=1S/C37H47ClN6O12S/c1-44(2)27-10-4-9-24-23(27)8-5-11-28(24)57(55,56)41-16-6-15-40-29(45)12-3-7-20-17-21(18-25(38)31(20)46)33(48)42-26(34(49)50)19-22-13-14-37(43-22,36(53)54)32(47)30(39)35(51)52/h4-5,8-11,17-18,22,26,30,32,41,43,46-47H,3,6-7,12-16,19,39H2,1-2H3,(H,40,45)(H,42,48)(H,49,50)(H,51,52)(H,53,54)/t22-,26?,30-,32+,37-/m1/s1. The van der Waals surface area contributed by atoms with E-state index in [9.17, 15) is 52.8 Å². The molecule has 0 saturated carbocycles.